The number of benzene rings is 1. The van der Waals surface area contributed by atoms with Crippen LogP contribution in [0.5, 0.6) is 0 Å². The number of aromatic nitrogens is 6. The van der Waals surface area contributed by atoms with E-state index in [9.17, 15) is 4.79 Å². The number of hydrogen-bond donors (Lipinski definition) is 2. The second kappa shape index (κ2) is 7.62. The zero-order valence-electron chi connectivity index (χ0n) is 17.1. The van der Waals surface area contributed by atoms with Gasteiger partial charge < -0.3 is 10.3 Å². The number of nitrogens with one attached hydrogen (secondary N) is 2. The number of aryl methyl sites for hydroxylation is 2. The Hall–Kier alpha value is -3.29. The van der Waals surface area contributed by atoms with Crippen molar-refractivity contribution < 1.29 is 4.79 Å². The molecular formula is C21H25N7O. The van der Waals surface area contributed by atoms with Crippen molar-refractivity contribution in [3.05, 3.63) is 53.4 Å². The molecule has 8 nitrogen and oxygen atoms in total. The molecule has 4 aromatic rings. The molecule has 2 N–H and O–H groups in total. The van der Waals surface area contributed by atoms with Gasteiger partial charge in [-0.2, -0.15) is 10.1 Å². The second-order valence-electron chi connectivity index (χ2n) is 7.66. The minimum absolute atomic E-state index is 0.0124. The summed E-state index contributed by atoms with van der Waals surface area (Å²) in [6.45, 7) is 8.08. The van der Waals surface area contributed by atoms with Crippen LogP contribution in [0, 0.1) is 19.8 Å². The minimum atomic E-state index is -0.173. The summed E-state index contributed by atoms with van der Waals surface area (Å²) < 4.78 is 1.71. The molecule has 1 aromatic carbocycles. The normalized spacial score (nSPS) is 12.7. The first-order valence-corrected chi connectivity index (χ1v) is 9.84. The largest absolute Gasteiger partial charge is 0.346 e. The molecule has 8 heteroatoms. The Bertz CT molecular complexity index is 1140. The Morgan fingerprint density at radius 2 is 2.00 bits per heavy atom. The zero-order chi connectivity index (χ0) is 20.5. The second-order valence-corrected chi connectivity index (χ2v) is 7.66. The van der Waals surface area contributed by atoms with Crippen LogP contribution in [0.25, 0.3) is 16.8 Å². The number of hydrogen-bond acceptors (Lipinski definition) is 5. The molecule has 0 aliphatic rings. The number of rotatable bonds is 6. The summed E-state index contributed by atoms with van der Waals surface area (Å²) in [6, 6.07) is 7.71. The Labute approximate surface area is 168 Å². The fourth-order valence-electron chi connectivity index (χ4n) is 3.67. The number of amides is 1. The van der Waals surface area contributed by atoms with Gasteiger partial charge in [0.05, 0.1) is 17.1 Å². The summed E-state index contributed by atoms with van der Waals surface area (Å²) in [5, 5.41) is 7.36. The lowest BCUT2D eigenvalue weighted by Gasteiger charge is -2.20. The number of carbonyl (C=O) groups excluding carboxylic acids is 1. The van der Waals surface area contributed by atoms with E-state index in [2.05, 4.69) is 44.2 Å². The third kappa shape index (κ3) is 3.70. The van der Waals surface area contributed by atoms with E-state index >= 15 is 0 Å². The number of para-hydroxylation sites is 2. The van der Waals surface area contributed by atoms with Crippen molar-refractivity contribution in [2.75, 3.05) is 0 Å². The first-order chi connectivity index (χ1) is 13.9. The van der Waals surface area contributed by atoms with E-state index in [1.165, 1.54) is 6.33 Å². The van der Waals surface area contributed by atoms with Crippen molar-refractivity contribution in [1.82, 2.24) is 34.9 Å². The van der Waals surface area contributed by atoms with Gasteiger partial charge in [-0.25, -0.2) is 14.5 Å². The molecule has 0 radical (unpaired) electrons. The highest BCUT2D eigenvalue weighted by Gasteiger charge is 2.22. The first kappa shape index (κ1) is 19.0. The fourth-order valence-corrected chi connectivity index (χ4v) is 3.67. The van der Waals surface area contributed by atoms with E-state index in [0.717, 1.165) is 33.8 Å². The highest BCUT2D eigenvalue weighted by Crippen LogP contribution is 2.23. The monoisotopic (exact) mass is 391 g/mol. The van der Waals surface area contributed by atoms with Crippen LogP contribution in [0.15, 0.2) is 30.6 Å². The highest BCUT2D eigenvalue weighted by atomic mass is 16.1. The standard InChI is InChI=1S/C21H25N7O/c1-12(2)19(20-25-16-7-5-6-8-17(16)26-20)27-18(29)10-9-15-13(3)24-21-22-11-23-28(21)14(15)4/h5-8,11-12,19H,9-10H2,1-4H3,(H,25,26)(H,27,29). The van der Waals surface area contributed by atoms with Crippen molar-refractivity contribution in [2.45, 2.75) is 46.6 Å². The van der Waals surface area contributed by atoms with Crippen LogP contribution < -0.4 is 5.32 Å². The van der Waals surface area contributed by atoms with E-state index in [1.54, 1.807) is 4.52 Å². The molecule has 1 atom stereocenters. The number of aromatic amines is 1. The van der Waals surface area contributed by atoms with Crippen LogP contribution >= 0.6 is 0 Å². The van der Waals surface area contributed by atoms with Crippen molar-refractivity contribution >= 4 is 22.7 Å². The number of fused-ring (bicyclic) bond motifs is 2. The van der Waals surface area contributed by atoms with E-state index in [0.29, 0.717) is 18.6 Å². The van der Waals surface area contributed by atoms with Crippen LogP contribution in [-0.2, 0) is 11.2 Å². The van der Waals surface area contributed by atoms with Crippen molar-refractivity contribution in [3.63, 3.8) is 0 Å². The van der Waals surface area contributed by atoms with Crippen LogP contribution in [-0.4, -0.2) is 35.5 Å². The van der Waals surface area contributed by atoms with Gasteiger partial charge in [0.2, 0.25) is 5.91 Å². The SMILES string of the molecule is Cc1nc2ncnn2c(C)c1CCC(=O)NC(c1nc2ccccc2[nH]1)C(C)C. The predicted molar refractivity (Wildman–Crippen MR) is 110 cm³/mol. The van der Waals surface area contributed by atoms with Gasteiger partial charge in [-0.05, 0) is 43.9 Å². The van der Waals surface area contributed by atoms with Gasteiger partial charge in [0.1, 0.15) is 12.2 Å². The molecule has 1 amide bonds. The molecule has 0 aliphatic carbocycles. The number of imidazole rings is 1. The fraction of sp³-hybridized carbons (Fsp3) is 0.381. The third-order valence-electron chi connectivity index (χ3n) is 5.28. The maximum Gasteiger partial charge on any atom is 0.252 e. The van der Waals surface area contributed by atoms with E-state index in [1.807, 2.05) is 38.1 Å². The van der Waals surface area contributed by atoms with Crippen LogP contribution in [0.3, 0.4) is 0 Å². The Kier molecular flexibility index (Phi) is 5.00. The highest BCUT2D eigenvalue weighted by molar-refractivity contribution is 5.78. The van der Waals surface area contributed by atoms with Crippen LogP contribution in [0.1, 0.15) is 49.1 Å². The Morgan fingerprint density at radius 3 is 2.76 bits per heavy atom. The molecule has 150 valence electrons. The van der Waals surface area contributed by atoms with Crippen molar-refractivity contribution in [1.29, 1.82) is 0 Å². The smallest absolute Gasteiger partial charge is 0.252 e. The Balaban J connectivity index is 1.49. The van der Waals surface area contributed by atoms with Gasteiger partial charge in [0, 0.05) is 17.8 Å². The number of H-pyrrole nitrogens is 1. The van der Waals surface area contributed by atoms with Gasteiger partial charge in [0.15, 0.2) is 0 Å². The molecule has 1 unspecified atom stereocenters. The summed E-state index contributed by atoms with van der Waals surface area (Å²) in [5.74, 6) is 1.56. The average Bonchev–Trinajstić information content (AvgIpc) is 3.32. The van der Waals surface area contributed by atoms with E-state index in [4.69, 9.17) is 0 Å². The lowest BCUT2D eigenvalue weighted by Crippen LogP contribution is -2.32. The molecular weight excluding hydrogens is 366 g/mol. The zero-order valence-corrected chi connectivity index (χ0v) is 17.1. The average molecular weight is 391 g/mol. The van der Waals surface area contributed by atoms with Gasteiger partial charge in [0.25, 0.3) is 5.78 Å². The summed E-state index contributed by atoms with van der Waals surface area (Å²) in [5.41, 5.74) is 4.76. The maximum absolute atomic E-state index is 12.7. The number of nitrogens with zero attached hydrogens (tertiary/aromatic N) is 5. The van der Waals surface area contributed by atoms with Gasteiger partial charge in [-0.15, -0.1) is 0 Å². The molecule has 0 fully saturated rings. The lowest BCUT2D eigenvalue weighted by atomic mass is 10.0. The number of carbonyl (C=O) groups is 1. The summed E-state index contributed by atoms with van der Waals surface area (Å²) >= 11 is 0. The summed E-state index contributed by atoms with van der Waals surface area (Å²) in [6.07, 6.45) is 2.45. The molecule has 0 saturated carbocycles. The van der Waals surface area contributed by atoms with Crippen molar-refractivity contribution in [2.24, 2.45) is 5.92 Å². The van der Waals surface area contributed by atoms with Gasteiger partial charge in [-0.1, -0.05) is 26.0 Å². The maximum atomic E-state index is 12.7. The van der Waals surface area contributed by atoms with Crippen LogP contribution in [0.4, 0.5) is 0 Å². The summed E-state index contributed by atoms with van der Waals surface area (Å²) in [4.78, 5) is 29.4. The molecule has 4 rings (SSSR count). The molecule has 3 heterocycles. The molecule has 0 spiro atoms. The summed E-state index contributed by atoms with van der Waals surface area (Å²) in [7, 11) is 0. The van der Waals surface area contributed by atoms with Gasteiger partial charge >= 0.3 is 0 Å². The van der Waals surface area contributed by atoms with Crippen LogP contribution in [0.2, 0.25) is 0 Å². The molecule has 3 aromatic heterocycles. The molecule has 0 aliphatic heterocycles. The predicted octanol–water partition coefficient (Wildman–Crippen LogP) is 3.06. The topological polar surface area (TPSA) is 101 Å². The third-order valence-corrected chi connectivity index (χ3v) is 5.28. The molecule has 29 heavy (non-hydrogen) atoms. The van der Waals surface area contributed by atoms with E-state index < -0.39 is 0 Å². The first-order valence-electron chi connectivity index (χ1n) is 9.84. The quantitative estimate of drug-likeness (QED) is 0.526. The van der Waals surface area contributed by atoms with Crippen molar-refractivity contribution in [3.8, 4) is 0 Å². The Morgan fingerprint density at radius 1 is 1.21 bits per heavy atom. The van der Waals surface area contributed by atoms with E-state index in [-0.39, 0.29) is 17.9 Å². The minimum Gasteiger partial charge on any atom is -0.346 e. The molecule has 0 saturated heterocycles. The van der Waals surface area contributed by atoms with Gasteiger partial charge in [-0.3, -0.25) is 4.79 Å². The lowest BCUT2D eigenvalue weighted by molar-refractivity contribution is -0.122. The molecule has 0 bridgehead atoms.